The van der Waals surface area contributed by atoms with Crippen LogP contribution in [0.1, 0.15) is 5.56 Å². The zero-order valence-corrected chi connectivity index (χ0v) is 17.4. The first-order chi connectivity index (χ1) is 14.7. The maximum atomic E-state index is 12.2. The summed E-state index contributed by atoms with van der Waals surface area (Å²) in [6.45, 7) is 0.514. The van der Waals surface area contributed by atoms with Gasteiger partial charge in [0.05, 0.1) is 14.2 Å². The van der Waals surface area contributed by atoms with Crippen molar-refractivity contribution in [2.24, 2.45) is 0 Å². The van der Waals surface area contributed by atoms with E-state index in [0.717, 1.165) is 23.1 Å². The van der Waals surface area contributed by atoms with Gasteiger partial charge in [-0.15, -0.1) is 11.3 Å². The fraction of sp³-hybridized carbons (Fsp3) is 0.182. The molecule has 30 heavy (non-hydrogen) atoms. The quantitative estimate of drug-likeness (QED) is 0.440. The van der Waals surface area contributed by atoms with Crippen LogP contribution in [-0.4, -0.2) is 31.8 Å². The number of benzene rings is 2. The summed E-state index contributed by atoms with van der Waals surface area (Å²) in [7, 11) is 3.24. The van der Waals surface area contributed by atoms with Gasteiger partial charge >= 0.3 is 6.03 Å². The summed E-state index contributed by atoms with van der Waals surface area (Å²) in [6, 6.07) is 15.1. The minimum Gasteiger partial charge on any atom is -0.497 e. The number of rotatable bonds is 7. The lowest BCUT2D eigenvalue weighted by atomic mass is 10.1. The Balaban J connectivity index is 1.34. The van der Waals surface area contributed by atoms with Crippen LogP contribution in [0.15, 0.2) is 58.3 Å². The highest BCUT2D eigenvalue weighted by atomic mass is 32.1. The van der Waals surface area contributed by atoms with Gasteiger partial charge in [0, 0.05) is 17.3 Å². The van der Waals surface area contributed by atoms with Crippen LogP contribution < -0.4 is 20.1 Å². The van der Waals surface area contributed by atoms with Gasteiger partial charge in [-0.1, -0.05) is 24.3 Å². The highest BCUT2D eigenvalue weighted by Gasteiger charge is 2.14. The Morgan fingerprint density at radius 1 is 1.13 bits per heavy atom. The maximum absolute atomic E-state index is 12.2. The number of amides is 2. The molecule has 8 heteroatoms. The first-order valence-corrected chi connectivity index (χ1v) is 10.2. The number of fused-ring (bicyclic) bond motifs is 1. The van der Waals surface area contributed by atoms with E-state index in [4.69, 9.17) is 13.9 Å². The van der Waals surface area contributed by atoms with Gasteiger partial charge in [0.1, 0.15) is 11.4 Å². The summed E-state index contributed by atoms with van der Waals surface area (Å²) in [5.74, 6) is 2.11. The molecule has 0 aliphatic rings. The molecule has 2 amide bonds. The molecule has 154 valence electrons. The van der Waals surface area contributed by atoms with Crippen molar-refractivity contribution in [1.29, 1.82) is 0 Å². The number of ether oxygens (including phenoxy) is 2. The minimum atomic E-state index is -0.296. The van der Waals surface area contributed by atoms with Gasteiger partial charge in [-0.25, -0.2) is 9.78 Å². The third-order valence-electron chi connectivity index (χ3n) is 4.56. The van der Waals surface area contributed by atoms with Crippen LogP contribution in [0, 0.1) is 0 Å². The van der Waals surface area contributed by atoms with Crippen molar-refractivity contribution >= 4 is 33.5 Å². The van der Waals surface area contributed by atoms with Crippen molar-refractivity contribution in [3.8, 4) is 23.0 Å². The third kappa shape index (κ3) is 4.38. The average molecular weight is 423 g/mol. The van der Waals surface area contributed by atoms with Crippen LogP contribution in [0.5, 0.6) is 11.5 Å². The normalized spacial score (nSPS) is 10.7. The number of furan rings is 1. The smallest absolute Gasteiger partial charge is 0.321 e. The molecule has 0 saturated carbocycles. The summed E-state index contributed by atoms with van der Waals surface area (Å²) in [5, 5.41) is 8.88. The number of thiazole rings is 1. The van der Waals surface area contributed by atoms with Crippen LogP contribution >= 0.6 is 11.3 Å². The second-order valence-corrected chi connectivity index (χ2v) is 7.36. The Morgan fingerprint density at radius 3 is 2.73 bits per heavy atom. The van der Waals surface area contributed by atoms with E-state index in [9.17, 15) is 4.79 Å². The average Bonchev–Trinajstić information content (AvgIpc) is 3.40. The number of anilines is 1. The van der Waals surface area contributed by atoms with Crippen LogP contribution in [0.4, 0.5) is 9.93 Å². The Morgan fingerprint density at radius 2 is 1.97 bits per heavy atom. The summed E-state index contributed by atoms with van der Waals surface area (Å²) >= 11 is 1.34. The third-order valence-corrected chi connectivity index (χ3v) is 5.32. The minimum absolute atomic E-state index is 0.296. The molecule has 0 atom stereocenters. The molecule has 2 aromatic heterocycles. The standard InChI is InChI=1S/C22H21N3O4S/c1-27-16-8-6-14(7-9-16)10-11-23-21(26)25-22-24-17(13-30-22)19-12-15-4-3-5-18(28-2)20(15)29-19/h3-9,12-13H,10-11H2,1-2H3,(H2,23,24,25,26). The van der Waals surface area contributed by atoms with Crippen LogP contribution in [0.2, 0.25) is 0 Å². The molecule has 2 N–H and O–H groups in total. The Kier molecular flexibility index (Phi) is 5.85. The number of nitrogens with one attached hydrogen (secondary N) is 2. The van der Waals surface area contributed by atoms with E-state index in [1.807, 2.05) is 53.9 Å². The maximum Gasteiger partial charge on any atom is 0.321 e. The number of hydrogen-bond donors (Lipinski definition) is 2. The fourth-order valence-electron chi connectivity index (χ4n) is 3.02. The van der Waals surface area contributed by atoms with Crippen LogP contribution in [0.3, 0.4) is 0 Å². The summed E-state index contributed by atoms with van der Waals surface area (Å²) in [4.78, 5) is 16.6. The molecule has 0 aliphatic carbocycles. The first-order valence-electron chi connectivity index (χ1n) is 9.36. The Hall–Kier alpha value is -3.52. The fourth-order valence-corrected chi connectivity index (χ4v) is 3.72. The lowest BCUT2D eigenvalue weighted by molar-refractivity contribution is 0.252. The number of nitrogens with zero attached hydrogens (tertiary/aromatic N) is 1. The highest BCUT2D eigenvalue weighted by molar-refractivity contribution is 7.14. The molecule has 0 saturated heterocycles. The number of methoxy groups -OCH3 is 2. The molecule has 0 fully saturated rings. The number of carbonyl (C=O) groups is 1. The zero-order valence-electron chi connectivity index (χ0n) is 16.6. The molecule has 0 radical (unpaired) electrons. The number of carbonyl (C=O) groups excluding carboxylic acids is 1. The van der Waals surface area contributed by atoms with Crippen molar-refractivity contribution < 1.29 is 18.7 Å². The molecule has 0 aliphatic heterocycles. The number of urea groups is 1. The lowest BCUT2D eigenvalue weighted by Crippen LogP contribution is -2.30. The van der Waals surface area contributed by atoms with Crippen molar-refractivity contribution in [3.63, 3.8) is 0 Å². The predicted molar refractivity (Wildman–Crippen MR) is 118 cm³/mol. The molecule has 4 aromatic rings. The van der Waals surface area contributed by atoms with Crippen molar-refractivity contribution in [2.75, 3.05) is 26.1 Å². The van der Waals surface area contributed by atoms with Crippen molar-refractivity contribution in [3.05, 3.63) is 59.5 Å². The van der Waals surface area contributed by atoms with Gasteiger partial charge in [-0.3, -0.25) is 5.32 Å². The van der Waals surface area contributed by atoms with E-state index in [1.165, 1.54) is 11.3 Å². The summed E-state index contributed by atoms with van der Waals surface area (Å²) < 4.78 is 16.4. The molecule has 0 spiro atoms. The van der Waals surface area contributed by atoms with Crippen LogP contribution in [-0.2, 0) is 6.42 Å². The molecule has 2 heterocycles. The largest absolute Gasteiger partial charge is 0.497 e. The molecule has 4 rings (SSSR count). The van der Waals surface area contributed by atoms with Gasteiger partial charge in [-0.2, -0.15) is 0 Å². The lowest BCUT2D eigenvalue weighted by Gasteiger charge is -2.06. The molecule has 0 unspecified atom stereocenters. The van der Waals surface area contributed by atoms with E-state index >= 15 is 0 Å². The Bertz CT molecular complexity index is 1150. The van der Waals surface area contributed by atoms with Gasteiger partial charge in [-0.05, 0) is 36.2 Å². The van der Waals surface area contributed by atoms with Crippen LogP contribution in [0.25, 0.3) is 22.4 Å². The second kappa shape index (κ2) is 8.87. The molecule has 2 aromatic carbocycles. The summed E-state index contributed by atoms with van der Waals surface area (Å²) in [6.07, 6.45) is 0.724. The first kappa shape index (κ1) is 19.8. The highest BCUT2D eigenvalue weighted by Crippen LogP contribution is 2.34. The number of aromatic nitrogens is 1. The van der Waals surface area contributed by atoms with Crippen molar-refractivity contribution in [1.82, 2.24) is 10.3 Å². The summed E-state index contributed by atoms with van der Waals surface area (Å²) in [5.41, 5.74) is 2.45. The van der Waals surface area contributed by atoms with Gasteiger partial charge in [0.2, 0.25) is 0 Å². The van der Waals surface area contributed by atoms with E-state index in [0.29, 0.717) is 34.5 Å². The topological polar surface area (TPSA) is 85.6 Å². The zero-order chi connectivity index (χ0) is 20.9. The molecule has 0 bridgehead atoms. The Labute approximate surface area is 177 Å². The van der Waals surface area contributed by atoms with E-state index in [1.54, 1.807) is 14.2 Å². The molecule has 7 nitrogen and oxygen atoms in total. The number of para-hydroxylation sites is 1. The predicted octanol–water partition coefficient (Wildman–Crippen LogP) is 4.94. The van der Waals surface area contributed by atoms with Gasteiger partial charge in [0.15, 0.2) is 22.2 Å². The van der Waals surface area contributed by atoms with Crippen molar-refractivity contribution in [2.45, 2.75) is 6.42 Å². The molecular weight excluding hydrogens is 402 g/mol. The SMILES string of the molecule is COc1ccc(CCNC(=O)Nc2nc(-c3cc4cccc(OC)c4o3)cs2)cc1. The van der Waals surface area contributed by atoms with Gasteiger partial charge in [0.25, 0.3) is 0 Å². The second-order valence-electron chi connectivity index (χ2n) is 6.51. The van der Waals surface area contributed by atoms with Gasteiger partial charge < -0.3 is 19.2 Å². The van der Waals surface area contributed by atoms with E-state index < -0.39 is 0 Å². The van der Waals surface area contributed by atoms with E-state index in [-0.39, 0.29) is 6.03 Å². The monoisotopic (exact) mass is 423 g/mol. The number of hydrogen-bond acceptors (Lipinski definition) is 6. The van der Waals surface area contributed by atoms with E-state index in [2.05, 4.69) is 15.6 Å². The molecular formula is C22H21N3O4S.